The van der Waals surface area contributed by atoms with Crippen LogP contribution >= 0.6 is 0 Å². The molecule has 226 valence electrons. The van der Waals surface area contributed by atoms with Crippen LogP contribution in [-0.4, -0.2) is 69.1 Å². The SMILES string of the molecule is O=C1c2c(cc3c(c2O)C2c4c(O)cc(O)cc4OC(c4ccc(O)c(O)c4)(O3)C2O)OC(c2ccc(O)c(O)c2O)C1O. The molecule has 4 aromatic carbocycles. The molecule has 14 nitrogen and oxygen atoms in total. The van der Waals surface area contributed by atoms with Crippen LogP contribution in [0.25, 0.3) is 0 Å². The summed E-state index contributed by atoms with van der Waals surface area (Å²) >= 11 is 0. The molecule has 44 heavy (non-hydrogen) atoms. The quantitative estimate of drug-likeness (QED) is 0.147. The number of fused-ring (bicyclic) bond motifs is 7. The van der Waals surface area contributed by atoms with Gasteiger partial charge < -0.3 is 65.3 Å². The lowest BCUT2D eigenvalue weighted by atomic mass is 9.74. The van der Waals surface area contributed by atoms with Crippen LogP contribution < -0.4 is 14.2 Å². The van der Waals surface area contributed by atoms with Gasteiger partial charge in [0.1, 0.15) is 46.2 Å². The lowest BCUT2D eigenvalue weighted by molar-refractivity contribution is -0.218. The summed E-state index contributed by atoms with van der Waals surface area (Å²) in [5.74, 6) is -10.8. The summed E-state index contributed by atoms with van der Waals surface area (Å²) in [4.78, 5) is 13.5. The summed E-state index contributed by atoms with van der Waals surface area (Å²) in [5.41, 5.74) is -1.13. The van der Waals surface area contributed by atoms with Gasteiger partial charge in [-0.2, -0.15) is 0 Å². The maximum atomic E-state index is 13.5. The minimum atomic E-state index is -2.23. The highest BCUT2D eigenvalue weighted by molar-refractivity contribution is 6.06. The van der Waals surface area contributed by atoms with Crippen molar-refractivity contribution in [1.29, 1.82) is 0 Å². The van der Waals surface area contributed by atoms with Gasteiger partial charge in [-0.05, 0) is 30.3 Å². The number of aromatic hydroxyl groups is 8. The molecule has 0 amide bonds. The molecule has 5 unspecified atom stereocenters. The van der Waals surface area contributed by atoms with Crippen LogP contribution in [0, 0.1) is 0 Å². The number of hydrogen-bond donors (Lipinski definition) is 10. The Balaban J connectivity index is 1.46. The monoisotopic (exact) mass is 606 g/mol. The number of carbonyl (C=O) groups is 1. The van der Waals surface area contributed by atoms with E-state index in [0.29, 0.717) is 0 Å². The van der Waals surface area contributed by atoms with Gasteiger partial charge in [0.25, 0.3) is 0 Å². The Bertz CT molecular complexity index is 1920. The highest BCUT2D eigenvalue weighted by Crippen LogP contribution is 2.62. The predicted octanol–water partition coefficient (Wildman–Crippen LogP) is 2.14. The number of hydrogen-bond acceptors (Lipinski definition) is 14. The highest BCUT2D eigenvalue weighted by Gasteiger charge is 2.60. The average molecular weight is 606 g/mol. The van der Waals surface area contributed by atoms with Crippen molar-refractivity contribution < 1.29 is 70.1 Å². The van der Waals surface area contributed by atoms with E-state index in [1.165, 1.54) is 6.07 Å². The number of carbonyl (C=O) groups excluding carboxylic acids is 1. The normalized spacial score (nSPS) is 24.6. The number of phenols is 8. The van der Waals surface area contributed by atoms with Crippen LogP contribution in [0.4, 0.5) is 0 Å². The fourth-order valence-electron chi connectivity index (χ4n) is 6.06. The van der Waals surface area contributed by atoms with Gasteiger partial charge in [-0.3, -0.25) is 4.79 Å². The maximum absolute atomic E-state index is 13.5. The Hall–Kier alpha value is -5.73. The van der Waals surface area contributed by atoms with E-state index in [2.05, 4.69) is 0 Å². The van der Waals surface area contributed by atoms with Crippen LogP contribution in [-0.2, 0) is 5.79 Å². The molecule has 2 bridgehead atoms. The molecule has 0 radical (unpaired) electrons. The minimum Gasteiger partial charge on any atom is -0.508 e. The molecule has 0 saturated heterocycles. The zero-order valence-corrected chi connectivity index (χ0v) is 22.0. The van der Waals surface area contributed by atoms with Gasteiger partial charge in [-0.15, -0.1) is 0 Å². The van der Waals surface area contributed by atoms with Crippen molar-refractivity contribution in [3.8, 4) is 63.2 Å². The fraction of sp³-hybridized carbons (Fsp3) is 0.167. The van der Waals surface area contributed by atoms with Crippen molar-refractivity contribution >= 4 is 5.78 Å². The molecule has 0 saturated carbocycles. The number of aliphatic hydroxyl groups is 2. The van der Waals surface area contributed by atoms with Crippen molar-refractivity contribution in [2.24, 2.45) is 0 Å². The van der Waals surface area contributed by atoms with Crippen LogP contribution in [0.2, 0.25) is 0 Å². The highest BCUT2D eigenvalue weighted by atomic mass is 16.7. The van der Waals surface area contributed by atoms with Gasteiger partial charge in [-0.1, -0.05) is 0 Å². The molecule has 14 heteroatoms. The van der Waals surface area contributed by atoms with Crippen LogP contribution in [0.1, 0.15) is 44.6 Å². The van der Waals surface area contributed by atoms with E-state index >= 15 is 0 Å². The van der Waals surface area contributed by atoms with Gasteiger partial charge in [0.05, 0.1) is 5.92 Å². The number of phenolic OH excluding ortho intramolecular Hbond substituents is 8. The van der Waals surface area contributed by atoms with E-state index in [1.54, 1.807) is 0 Å². The Labute approximate surface area is 245 Å². The molecular weight excluding hydrogens is 584 g/mol. The Morgan fingerprint density at radius 1 is 0.636 bits per heavy atom. The number of ketones is 1. The van der Waals surface area contributed by atoms with Crippen molar-refractivity contribution in [3.63, 3.8) is 0 Å². The third kappa shape index (κ3) is 3.46. The average Bonchev–Trinajstić information content (AvgIpc) is 2.96. The molecule has 7 rings (SSSR count). The molecule has 3 heterocycles. The minimum absolute atomic E-state index is 0.0311. The van der Waals surface area contributed by atoms with Crippen LogP contribution in [0.3, 0.4) is 0 Å². The molecular formula is C30H22O14. The second kappa shape index (κ2) is 8.89. The summed E-state index contributed by atoms with van der Waals surface area (Å²) < 4.78 is 18.1. The Morgan fingerprint density at radius 3 is 2.02 bits per heavy atom. The summed E-state index contributed by atoms with van der Waals surface area (Å²) in [6.07, 6.45) is -5.44. The number of Topliss-reactive ketones (excluding diaryl/α,β-unsaturated/α-hetero) is 1. The van der Waals surface area contributed by atoms with Gasteiger partial charge >= 0.3 is 5.79 Å². The zero-order chi connectivity index (χ0) is 31.4. The van der Waals surface area contributed by atoms with Gasteiger partial charge in [0.15, 0.2) is 35.2 Å². The molecule has 0 fully saturated rings. The number of rotatable bonds is 2. The van der Waals surface area contributed by atoms with E-state index in [0.717, 1.165) is 42.5 Å². The fourth-order valence-corrected chi connectivity index (χ4v) is 6.06. The Kier molecular flexibility index (Phi) is 5.48. The molecule has 0 aromatic heterocycles. The smallest absolute Gasteiger partial charge is 0.305 e. The second-order valence-corrected chi connectivity index (χ2v) is 10.6. The first-order valence-corrected chi connectivity index (χ1v) is 13.0. The van der Waals surface area contributed by atoms with E-state index in [1.807, 2.05) is 0 Å². The van der Waals surface area contributed by atoms with Crippen molar-refractivity contribution in [2.75, 3.05) is 0 Å². The molecule has 10 N–H and O–H groups in total. The van der Waals surface area contributed by atoms with Crippen LogP contribution in [0.15, 0.2) is 48.5 Å². The molecule has 3 aliphatic rings. The van der Waals surface area contributed by atoms with Crippen molar-refractivity contribution in [2.45, 2.75) is 30.0 Å². The molecule has 0 aliphatic carbocycles. The van der Waals surface area contributed by atoms with E-state index in [-0.39, 0.29) is 39.5 Å². The summed E-state index contributed by atoms with van der Waals surface area (Å²) in [6, 6.07) is 8.80. The van der Waals surface area contributed by atoms with Crippen molar-refractivity contribution in [1.82, 2.24) is 0 Å². The first-order valence-electron chi connectivity index (χ1n) is 13.0. The van der Waals surface area contributed by atoms with Gasteiger partial charge in [0, 0.05) is 40.5 Å². The lowest BCUT2D eigenvalue weighted by Gasteiger charge is -2.50. The summed E-state index contributed by atoms with van der Waals surface area (Å²) in [5, 5.41) is 105. The third-order valence-corrected chi connectivity index (χ3v) is 8.12. The predicted molar refractivity (Wildman–Crippen MR) is 144 cm³/mol. The molecule has 5 atom stereocenters. The van der Waals surface area contributed by atoms with Crippen molar-refractivity contribution in [3.05, 3.63) is 76.3 Å². The summed E-state index contributed by atoms with van der Waals surface area (Å²) in [6.45, 7) is 0. The van der Waals surface area contributed by atoms with E-state index < -0.39 is 87.4 Å². The number of ether oxygens (including phenoxy) is 3. The lowest BCUT2D eigenvalue weighted by Crippen LogP contribution is -2.57. The van der Waals surface area contributed by atoms with Crippen LogP contribution in [0.5, 0.6) is 63.2 Å². The van der Waals surface area contributed by atoms with Gasteiger partial charge in [0.2, 0.25) is 11.5 Å². The molecule has 0 spiro atoms. The topological polar surface area (TPSA) is 247 Å². The largest absolute Gasteiger partial charge is 0.508 e. The van der Waals surface area contributed by atoms with E-state index in [4.69, 9.17) is 14.2 Å². The second-order valence-electron chi connectivity index (χ2n) is 10.6. The first kappa shape index (κ1) is 27.1. The first-order chi connectivity index (χ1) is 20.8. The number of aliphatic hydroxyl groups excluding tert-OH is 2. The molecule has 4 aromatic rings. The van der Waals surface area contributed by atoms with Gasteiger partial charge in [-0.25, -0.2) is 0 Å². The Morgan fingerprint density at radius 2 is 1.32 bits per heavy atom. The number of benzene rings is 4. The molecule has 3 aliphatic heterocycles. The maximum Gasteiger partial charge on any atom is 0.305 e. The summed E-state index contributed by atoms with van der Waals surface area (Å²) in [7, 11) is 0. The standard InChI is InChI=1S/C30H22O14/c31-10-6-15(35)19-17(7-10)43-30(9-1-3-12(32)14(34)5-9)29(41)22(19)20-18(44-30)8-16-21(25(20)38)26(39)27(40)28(42-16)11-2-4-13(33)24(37)23(11)36/h1-8,22,27-29,31-38,40-41H. The third-order valence-electron chi connectivity index (χ3n) is 8.12. The zero-order valence-electron chi connectivity index (χ0n) is 22.0. The van der Waals surface area contributed by atoms with E-state index in [9.17, 15) is 55.9 Å².